The van der Waals surface area contributed by atoms with Crippen molar-refractivity contribution < 1.29 is 34.0 Å². The first kappa shape index (κ1) is 29.1. The van der Waals surface area contributed by atoms with E-state index < -0.39 is 80.7 Å². The highest BCUT2D eigenvalue weighted by atomic mass is 16.5. The number of para-hydroxylation sites is 1. The third kappa shape index (κ3) is 6.78. The summed E-state index contributed by atoms with van der Waals surface area (Å²) in [6, 6.07) is 34.2. The largest absolute Gasteiger partial charge is 0.432 e. The minimum absolute atomic E-state index is 0.0145. The Morgan fingerprint density at radius 1 is 0.536 bits per heavy atom. The van der Waals surface area contributed by atoms with E-state index in [0.29, 0.717) is 56.0 Å². The summed E-state index contributed by atoms with van der Waals surface area (Å²) in [4.78, 5) is 3.77. The number of aryl methyl sites for hydroxylation is 2. The van der Waals surface area contributed by atoms with E-state index >= 15 is 0 Å². The number of hydrogen-bond acceptors (Lipinski definition) is 3. The maximum Gasteiger partial charge on any atom is 0.432 e. The third-order valence-corrected chi connectivity index (χ3v) is 14.7. The molecule has 4 nitrogen and oxygen atoms in total. The van der Waals surface area contributed by atoms with Gasteiger partial charge in [-0.3, -0.25) is 0 Å². The molecule has 1 aromatic heterocycles. The first-order chi connectivity index (χ1) is 39.6. The van der Waals surface area contributed by atoms with Crippen LogP contribution in [0.5, 0.6) is 5.75 Å². The Bertz CT molecular complexity index is 3920. The van der Waals surface area contributed by atoms with Crippen LogP contribution in [0.1, 0.15) is 184 Å². The molecule has 4 aliphatic heterocycles. The molecular weight excluding hydrogens is 839 g/mol. The van der Waals surface area contributed by atoms with Gasteiger partial charge in [0.05, 0.1) is 16.9 Å². The van der Waals surface area contributed by atoms with Gasteiger partial charge in [-0.1, -0.05) is 176 Å². The van der Waals surface area contributed by atoms with Crippen molar-refractivity contribution in [3.8, 4) is 50.4 Å². The van der Waals surface area contributed by atoms with Crippen molar-refractivity contribution in [2.24, 2.45) is 0 Å². The standard InChI is InChI=1S/C65H72N3O/c1-38-21-23-40(24-22-38)42-27-28-66-55(32-42)50-35-46(62(9,10)11)34-49-48-19-18-20-54-57(48)68-59(51-36-47(63(12,13)14)37-52(64(15,16)17)58(51)69-65(66,68)56(49)50)67(54)53-26-25-41(29-39(53)2)43-30-44(60(3,4)5)33-45(31-43)61(6,7)8/h18-37,59H,1-17H3/q+1/i1D3,2D3,12D3,15D3,16D3,17D3. The van der Waals surface area contributed by atoms with E-state index in [1.165, 1.54) is 19.9 Å². The van der Waals surface area contributed by atoms with E-state index in [0.717, 1.165) is 28.3 Å². The Hall–Kier alpha value is -6.13. The lowest BCUT2D eigenvalue weighted by atomic mass is 9.77. The fourth-order valence-corrected chi connectivity index (χ4v) is 10.9. The van der Waals surface area contributed by atoms with Crippen LogP contribution < -0.4 is 19.1 Å². The molecule has 0 saturated heterocycles. The topological polar surface area (TPSA) is 19.6 Å². The molecule has 1 spiro atoms. The summed E-state index contributed by atoms with van der Waals surface area (Å²) in [5, 5.41) is 0. The van der Waals surface area contributed by atoms with Gasteiger partial charge in [-0.2, -0.15) is 0 Å². The van der Waals surface area contributed by atoms with Gasteiger partial charge in [0, 0.05) is 64.7 Å². The van der Waals surface area contributed by atoms with E-state index in [-0.39, 0.29) is 38.8 Å². The molecule has 2 atom stereocenters. The molecular formula is C65H72N3O+. The minimum Gasteiger partial charge on any atom is -0.410 e. The van der Waals surface area contributed by atoms with Crippen LogP contribution in [0.2, 0.25) is 0 Å². The van der Waals surface area contributed by atoms with Crippen LogP contribution in [-0.4, -0.2) is 0 Å². The van der Waals surface area contributed by atoms with Crippen LogP contribution >= 0.6 is 0 Å². The number of aromatic nitrogens is 1. The molecule has 0 N–H and O–H groups in total. The highest BCUT2D eigenvalue weighted by Crippen LogP contribution is 2.68. The highest BCUT2D eigenvalue weighted by Gasteiger charge is 2.70. The second-order valence-electron chi connectivity index (χ2n) is 23.3. The fraction of sp³-hybridized carbons (Fsp3) is 0.369. The highest BCUT2D eigenvalue weighted by molar-refractivity contribution is 6.02. The zero-order chi connectivity index (χ0) is 64.3. The molecule has 352 valence electrons. The molecule has 0 bridgehead atoms. The fourth-order valence-electron chi connectivity index (χ4n) is 10.9. The number of anilines is 3. The molecule has 2 unspecified atom stereocenters. The first-order valence-electron chi connectivity index (χ1n) is 32.9. The Balaban J connectivity index is 1.33. The third-order valence-electron chi connectivity index (χ3n) is 14.7. The summed E-state index contributed by atoms with van der Waals surface area (Å²) in [6.07, 6.45) is 0.397. The van der Waals surface area contributed by atoms with Gasteiger partial charge in [-0.05, 0) is 127 Å². The van der Waals surface area contributed by atoms with Crippen LogP contribution in [0.15, 0.2) is 121 Å². The average molecular weight is 929 g/mol. The molecule has 5 heterocycles. The van der Waals surface area contributed by atoms with Gasteiger partial charge in [0.15, 0.2) is 6.20 Å². The number of rotatable bonds is 3. The quantitative estimate of drug-likeness (QED) is 0.165. The smallest absolute Gasteiger partial charge is 0.410 e. The molecule has 0 aliphatic carbocycles. The number of nitrogens with zero attached hydrogens (tertiary/aromatic N) is 3. The molecule has 11 rings (SSSR count). The average Bonchev–Trinajstić information content (AvgIpc) is 1.53. The van der Waals surface area contributed by atoms with Gasteiger partial charge in [-0.15, -0.1) is 4.57 Å². The normalized spacial score (nSPS) is 22.9. The number of hydrogen-bond donors (Lipinski definition) is 0. The maximum atomic E-state index is 9.47. The van der Waals surface area contributed by atoms with E-state index in [1.54, 1.807) is 42.6 Å². The summed E-state index contributed by atoms with van der Waals surface area (Å²) in [6.45, 7) is 2.06. The number of ether oxygens (including phenoxy) is 1. The lowest BCUT2D eigenvalue weighted by molar-refractivity contribution is -0.774. The monoisotopic (exact) mass is 929 g/mol. The van der Waals surface area contributed by atoms with E-state index in [4.69, 9.17) is 13.0 Å². The lowest BCUT2D eigenvalue weighted by Gasteiger charge is -2.49. The van der Waals surface area contributed by atoms with Crippen LogP contribution in [0.3, 0.4) is 0 Å². The molecule has 4 heteroatoms. The van der Waals surface area contributed by atoms with Gasteiger partial charge in [0.25, 0.3) is 0 Å². The van der Waals surface area contributed by atoms with Crippen molar-refractivity contribution in [3.05, 3.63) is 172 Å². The Kier molecular flexibility index (Phi) is 6.11. The number of fused-ring (bicyclic) bond motifs is 5. The van der Waals surface area contributed by atoms with Crippen molar-refractivity contribution in [1.29, 1.82) is 0 Å². The van der Waals surface area contributed by atoms with Crippen LogP contribution in [-0.2, 0) is 32.9 Å². The van der Waals surface area contributed by atoms with E-state index in [2.05, 4.69) is 86.6 Å². The molecule has 0 saturated carbocycles. The van der Waals surface area contributed by atoms with Crippen LogP contribution in [0, 0.1) is 13.7 Å². The van der Waals surface area contributed by atoms with Gasteiger partial charge in [0.1, 0.15) is 17.5 Å². The van der Waals surface area contributed by atoms with Gasteiger partial charge < -0.3 is 9.64 Å². The predicted molar refractivity (Wildman–Crippen MR) is 289 cm³/mol. The van der Waals surface area contributed by atoms with Crippen molar-refractivity contribution in [2.75, 3.05) is 9.80 Å². The number of pyridine rings is 1. The molecule has 7 aromatic rings. The summed E-state index contributed by atoms with van der Waals surface area (Å²) in [5.74, 6) is -2.47. The predicted octanol–water partition coefficient (Wildman–Crippen LogP) is 16.8. The molecule has 0 radical (unpaired) electrons. The lowest BCUT2D eigenvalue weighted by Crippen LogP contribution is -2.71. The Morgan fingerprint density at radius 3 is 1.83 bits per heavy atom. The minimum atomic E-state index is -3.87. The molecule has 6 aromatic carbocycles. The van der Waals surface area contributed by atoms with E-state index in [1.807, 2.05) is 56.8 Å². The van der Waals surface area contributed by atoms with Gasteiger partial charge in [0.2, 0.25) is 5.69 Å². The molecule has 69 heavy (non-hydrogen) atoms. The second-order valence-corrected chi connectivity index (χ2v) is 23.3. The van der Waals surface area contributed by atoms with Crippen molar-refractivity contribution in [2.45, 2.75) is 156 Å². The van der Waals surface area contributed by atoms with Crippen molar-refractivity contribution in [1.82, 2.24) is 0 Å². The summed E-state index contributed by atoms with van der Waals surface area (Å²) >= 11 is 0. The summed E-state index contributed by atoms with van der Waals surface area (Å²) in [5.41, 5.74) is 2.34. The molecule has 0 fully saturated rings. The van der Waals surface area contributed by atoms with E-state index in [9.17, 15) is 16.4 Å². The summed E-state index contributed by atoms with van der Waals surface area (Å²) < 4.78 is 173. The van der Waals surface area contributed by atoms with Crippen molar-refractivity contribution in [3.63, 3.8) is 0 Å². The van der Waals surface area contributed by atoms with Crippen LogP contribution in [0.4, 0.5) is 17.1 Å². The number of benzene rings is 6. The SMILES string of the molecule is [2H]C([2H])([2H])c1ccc(-c2cc[n+]3c(c2)-c2cc(C(C)(C)C)cc4c2C32Oc3c(cc(C(C)(C)C([2H])([2H])[2H])cc3C(C([2H])([2H])[2H])(C([2H])([2H])[2H])C([2H])([2H])[2H])C3N(c5ccc(-c6cc(C(C)(C)C)cc(C(C)(C)C)c6)cc5C([2H])([2H])[2H])c5cccc-4c5N32)cc1. The molecule has 4 aliphatic rings. The van der Waals surface area contributed by atoms with Gasteiger partial charge >= 0.3 is 5.85 Å². The zero-order valence-corrected chi connectivity index (χ0v) is 41.4. The zero-order valence-electron chi connectivity index (χ0n) is 59.4. The maximum absolute atomic E-state index is 9.47. The Morgan fingerprint density at radius 2 is 1.17 bits per heavy atom. The second kappa shape index (κ2) is 14.5. The Labute approximate surface area is 438 Å². The van der Waals surface area contributed by atoms with Gasteiger partial charge in [-0.25, -0.2) is 4.90 Å². The van der Waals surface area contributed by atoms with Crippen molar-refractivity contribution >= 4 is 17.1 Å². The van der Waals surface area contributed by atoms with Crippen LogP contribution in [0.25, 0.3) is 44.6 Å². The first-order valence-corrected chi connectivity index (χ1v) is 23.9. The summed E-state index contributed by atoms with van der Waals surface area (Å²) in [7, 11) is 0. The molecule has 0 amide bonds.